The lowest BCUT2D eigenvalue weighted by atomic mass is 10.2. The van der Waals surface area contributed by atoms with Gasteiger partial charge < -0.3 is 4.84 Å². The van der Waals surface area contributed by atoms with Crippen LogP contribution >= 0.6 is 0 Å². The fourth-order valence-corrected chi connectivity index (χ4v) is 1.43. The topological polar surface area (TPSA) is 76.0 Å². The molecule has 1 saturated heterocycles. The molecule has 0 N–H and O–H groups in total. The number of imide groups is 1. The molecule has 0 bridgehead atoms. The van der Waals surface area contributed by atoms with Gasteiger partial charge in [-0.2, -0.15) is 0 Å². The maximum Gasteiger partial charge on any atom is 0.333 e. The highest BCUT2D eigenvalue weighted by molar-refractivity contribution is 6.01. The molecule has 0 atom stereocenters. The minimum atomic E-state index is -0.564. The summed E-state index contributed by atoms with van der Waals surface area (Å²) in [6.07, 6.45) is 4.91. The summed E-state index contributed by atoms with van der Waals surface area (Å²) in [5.74, 6) is -1.47. The Balaban J connectivity index is 2.17. The summed E-state index contributed by atoms with van der Waals surface area (Å²) >= 11 is 0. The van der Waals surface area contributed by atoms with E-state index in [0.29, 0.717) is 18.0 Å². The molecule has 6 heteroatoms. The highest BCUT2D eigenvalue weighted by atomic mass is 16.7. The largest absolute Gasteiger partial charge is 0.333 e. The van der Waals surface area contributed by atoms with E-state index in [0.717, 1.165) is 6.42 Å². The molecule has 0 unspecified atom stereocenters. The third-order valence-corrected chi connectivity index (χ3v) is 2.33. The number of hydrogen-bond donors (Lipinski definition) is 0. The van der Waals surface area contributed by atoms with E-state index in [1.807, 2.05) is 0 Å². The Kier molecular flexibility index (Phi) is 5.76. The van der Waals surface area contributed by atoms with Crippen LogP contribution in [0.2, 0.25) is 0 Å². The van der Waals surface area contributed by atoms with Crippen molar-refractivity contribution in [3.8, 4) is 0 Å². The summed E-state index contributed by atoms with van der Waals surface area (Å²) in [7, 11) is 0. The zero-order valence-electron chi connectivity index (χ0n) is 10.1. The van der Waals surface area contributed by atoms with Crippen LogP contribution in [0, 0.1) is 0 Å². The molecule has 6 nitrogen and oxygen atoms in total. The van der Waals surface area contributed by atoms with Gasteiger partial charge in [-0.05, 0) is 12.8 Å². The molecule has 0 aromatic rings. The molecule has 0 spiro atoms. The maximum absolute atomic E-state index is 11.4. The van der Waals surface area contributed by atoms with E-state index in [1.54, 1.807) is 12.3 Å². The summed E-state index contributed by atoms with van der Waals surface area (Å²) in [6.45, 7) is 4.10. The average molecular weight is 252 g/mol. The number of amides is 2. The molecule has 1 fully saturated rings. The van der Waals surface area contributed by atoms with Crippen molar-refractivity contribution in [2.24, 2.45) is 4.99 Å². The normalized spacial score (nSPS) is 15.4. The van der Waals surface area contributed by atoms with Gasteiger partial charge in [0.25, 0.3) is 11.8 Å². The lowest BCUT2D eigenvalue weighted by Crippen LogP contribution is -2.31. The van der Waals surface area contributed by atoms with Crippen molar-refractivity contribution >= 4 is 24.0 Å². The third-order valence-electron chi connectivity index (χ3n) is 2.33. The lowest BCUT2D eigenvalue weighted by molar-refractivity contribution is -0.197. The zero-order valence-corrected chi connectivity index (χ0v) is 10.1. The Hall–Kier alpha value is -1.98. The number of hydroxylamine groups is 2. The van der Waals surface area contributed by atoms with Crippen molar-refractivity contribution in [3.05, 3.63) is 12.7 Å². The quantitative estimate of drug-likeness (QED) is 0.385. The molecule has 0 aromatic heterocycles. The predicted octanol–water partition coefficient (Wildman–Crippen LogP) is 1.02. The highest BCUT2D eigenvalue weighted by Crippen LogP contribution is 2.13. The van der Waals surface area contributed by atoms with Crippen LogP contribution in [0.4, 0.5) is 0 Å². The summed E-state index contributed by atoms with van der Waals surface area (Å²) in [5, 5.41) is 0.568. The van der Waals surface area contributed by atoms with Gasteiger partial charge in [0.05, 0.1) is 0 Å². The van der Waals surface area contributed by atoms with Crippen molar-refractivity contribution in [1.29, 1.82) is 0 Å². The van der Waals surface area contributed by atoms with Gasteiger partial charge in [-0.3, -0.25) is 14.6 Å². The number of allylic oxidation sites excluding steroid dienone is 1. The van der Waals surface area contributed by atoms with E-state index in [-0.39, 0.29) is 19.3 Å². The average Bonchev–Trinajstić information content (AvgIpc) is 2.65. The molecule has 1 aliphatic rings. The Morgan fingerprint density at radius 1 is 1.33 bits per heavy atom. The van der Waals surface area contributed by atoms with E-state index in [9.17, 15) is 14.4 Å². The first-order valence-corrected chi connectivity index (χ1v) is 5.82. The van der Waals surface area contributed by atoms with Crippen LogP contribution in [0.15, 0.2) is 17.6 Å². The van der Waals surface area contributed by atoms with Gasteiger partial charge in [0.2, 0.25) is 0 Å². The Labute approximate surface area is 105 Å². The molecule has 98 valence electrons. The molecule has 0 aromatic carbocycles. The van der Waals surface area contributed by atoms with Gasteiger partial charge in [-0.15, -0.1) is 5.06 Å². The first-order valence-electron chi connectivity index (χ1n) is 5.82. The van der Waals surface area contributed by atoms with Crippen molar-refractivity contribution in [1.82, 2.24) is 5.06 Å². The zero-order chi connectivity index (χ0) is 13.4. The van der Waals surface area contributed by atoms with E-state index in [1.165, 1.54) is 0 Å². The number of rotatable bonds is 7. The highest BCUT2D eigenvalue weighted by Gasteiger charge is 2.32. The first-order chi connectivity index (χ1) is 8.65. The van der Waals surface area contributed by atoms with E-state index in [4.69, 9.17) is 4.84 Å². The fraction of sp³-hybridized carbons (Fsp3) is 0.500. The van der Waals surface area contributed by atoms with Crippen LogP contribution in [0.5, 0.6) is 0 Å². The van der Waals surface area contributed by atoms with Gasteiger partial charge in [0.15, 0.2) is 0 Å². The number of hydrogen-bond acceptors (Lipinski definition) is 5. The van der Waals surface area contributed by atoms with Crippen molar-refractivity contribution in [3.63, 3.8) is 0 Å². The summed E-state index contributed by atoms with van der Waals surface area (Å²) in [4.78, 5) is 42.4. The summed E-state index contributed by atoms with van der Waals surface area (Å²) in [5.41, 5.74) is 0. The second-order valence-electron chi connectivity index (χ2n) is 3.79. The van der Waals surface area contributed by atoms with Gasteiger partial charge in [0.1, 0.15) is 0 Å². The molecule has 0 aliphatic carbocycles. The maximum atomic E-state index is 11.4. The van der Waals surface area contributed by atoms with Gasteiger partial charge >= 0.3 is 5.97 Å². The van der Waals surface area contributed by atoms with Crippen LogP contribution in [-0.4, -0.2) is 35.6 Å². The summed E-state index contributed by atoms with van der Waals surface area (Å²) in [6, 6.07) is 0. The Morgan fingerprint density at radius 3 is 2.61 bits per heavy atom. The van der Waals surface area contributed by atoms with Crippen molar-refractivity contribution < 1.29 is 19.2 Å². The van der Waals surface area contributed by atoms with Crippen LogP contribution in [-0.2, 0) is 19.2 Å². The number of unbranched alkanes of at least 4 members (excludes halogenated alkanes) is 1. The minimum absolute atomic E-state index is 0.113. The Morgan fingerprint density at radius 2 is 2.00 bits per heavy atom. The van der Waals surface area contributed by atoms with Gasteiger partial charge in [-0.1, -0.05) is 12.7 Å². The molecule has 0 radical (unpaired) electrons. The smallest absolute Gasteiger partial charge is 0.330 e. The molecule has 0 saturated carbocycles. The van der Waals surface area contributed by atoms with Gasteiger partial charge in [0, 0.05) is 32.0 Å². The second kappa shape index (κ2) is 7.37. The number of nitrogens with zero attached hydrogens (tertiary/aromatic N) is 2. The van der Waals surface area contributed by atoms with E-state index < -0.39 is 17.8 Å². The molecule has 18 heavy (non-hydrogen) atoms. The third kappa shape index (κ3) is 4.48. The number of aliphatic imine (C=N–C) groups is 1. The van der Waals surface area contributed by atoms with Crippen LogP contribution in [0.25, 0.3) is 0 Å². The van der Waals surface area contributed by atoms with Crippen molar-refractivity contribution in [2.75, 3.05) is 6.54 Å². The minimum Gasteiger partial charge on any atom is -0.330 e. The monoisotopic (exact) mass is 252 g/mol. The molecule has 1 rings (SSSR count). The molecule has 1 aliphatic heterocycles. The number of carbonyl (C=O) groups is 3. The van der Waals surface area contributed by atoms with Crippen LogP contribution in [0.3, 0.4) is 0 Å². The fourth-order valence-electron chi connectivity index (χ4n) is 1.43. The van der Waals surface area contributed by atoms with E-state index in [2.05, 4.69) is 11.6 Å². The standard InChI is InChI=1S/C12H16N2O4/c1-2-8-13-9-4-3-5-12(17)18-14-10(15)6-7-11(14)16/h2,8H,1,3-7,9H2. The van der Waals surface area contributed by atoms with Gasteiger partial charge in [-0.25, -0.2) is 4.79 Å². The predicted molar refractivity (Wildman–Crippen MR) is 64.6 cm³/mol. The van der Waals surface area contributed by atoms with Crippen molar-refractivity contribution in [2.45, 2.75) is 32.1 Å². The first kappa shape index (κ1) is 14.1. The summed E-state index contributed by atoms with van der Waals surface area (Å²) < 4.78 is 0. The Bertz CT molecular complexity index is 360. The van der Waals surface area contributed by atoms with E-state index >= 15 is 0 Å². The molecule has 1 heterocycles. The molecular weight excluding hydrogens is 236 g/mol. The number of carbonyl (C=O) groups excluding carboxylic acids is 3. The lowest BCUT2D eigenvalue weighted by Gasteiger charge is -2.12. The molecular formula is C12H16N2O4. The molecule has 2 amide bonds. The second-order valence-corrected chi connectivity index (χ2v) is 3.79. The van der Waals surface area contributed by atoms with Crippen LogP contribution < -0.4 is 0 Å². The van der Waals surface area contributed by atoms with Crippen LogP contribution in [0.1, 0.15) is 32.1 Å². The SMILES string of the molecule is C=CC=NCCCCC(=O)ON1C(=O)CCC1=O.